The predicted octanol–water partition coefficient (Wildman–Crippen LogP) is -5.71. The van der Waals surface area contributed by atoms with Crippen LogP contribution in [0.3, 0.4) is 0 Å². The van der Waals surface area contributed by atoms with Crippen molar-refractivity contribution in [1.82, 2.24) is 0 Å². The summed E-state index contributed by atoms with van der Waals surface area (Å²) in [6.45, 7) is 0. The van der Waals surface area contributed by atoms with Gasteiger partial charge in [0.25, 0.3) is 0 Å². The van der Waals surface area contributed by atoms with Gasteiger partial charge in [-0.25, -0.2) is 0 Å². The summed E-state index contributed by atoms with van der Waals surface area (Å²) in [6.07, 6.45) is 0. The molecule has 0 unspecified atom stereocenters. The predicted molar refractivity (Wildman–Crippen MR) is 86.3 cm³/mol. The van der Waals surface area contributed by atoms with Crippen molar-refractivity contribution in [1.29, 1.82) is 0 Å². The first-order valence-electron chi connectivity index (χ1n) is 0. The van der Waals surface area contributed by atoms with Gasteiger partial charge in [-0.15, -0.1) is 0 Å². The summed E-state index contributed by atoms with van der Waals surface area (Å²) in [5.74, 6) is 0. The first-order chi connectivity index (χ1) is 0. The maximum Gasteiger partial charge on any atom is 0 e. The van der Waals surface area contributed by atoms with Crippen molar-refractivity contribution < 1.29 is 0 Å². The van der Waals surface area contributed by atoms with Gasteiger partial charge < -0.3 is 0 Å². The molecule has 0 spiro atoms. The van der Waals surface area contributed by atoms with Crippen LogP contribution in [0.2, 0.25) is 0 Å². The Kier molecular flexibility index (Phi) is 732. The second kappa shape index (κ2) is 99.6. The van der Waals surface area contributed by atoms with E-state index in [2.05, 4.69) is 0 Å². The van der Waals surface area contributed by atoms with Crippen molar-refractivity contribution >= 4 is 485 Å². The van der Waals surface area contributed by atoms with Gasteiger partial charge >= 0.3 is 0 Å². The van der Waals surface area contributed by atoms with Crippen LogP contribution in [0.5, 0.6) is 0 Å². The molecule has 0 fully saturated rings. The molecular formula is Al7Sr8. The van der Waals surface area contributed by atoms with Gasteiger partial charge in [0.2, 0.25) is 0 Å². The molecule has 0 rings (SSSR count). The quantitative estimate of drug-likeness (QED) is 0.213. The topological polar surface area (TPSA) is 0 Å². The Morgan fingerprint density at radius 3 is 0.133 bits per heavy atom. The van der Waals surface area contributed by atoms with E-state index in [-0.39, 0.29) is 485 Å². The van der Waals surface area contributed by atoms with Crippen LogP contribution >= 0.6 is 0 Å². The van der Waals surface area contributed by atoms with E-state index in [1.54, 1.807) is 0 Å². The van der Waals surface area contributed by atoms with E-state index in [4.69, 9.17) is 0 Å². The van der Waals surface area contributed by atoms with Gasteiger partial charge in [-0.2, -0.15) is 0 Å². The minimum absolute atomic E-state index is 0. The molecule has 0 aromatic rings. The van der Waals surface area contributed by atoms with Gasteiger partial charge in [-0.05, 0) is 0 Å². The summed E-state index contributed by atoms with van der Waals surface area (Å²) in [7, 11) is 0. The Bertz CT molecular complexity index is 15.0. The number of hydrogen-bond donors (Lipinski definition) is 0. The largest absolute Gasteiger partial charge is 0 e. The fraction of sp³-hybridized carbons (Fsp3) is 0. The minimum atomic E-state index is 0. The zero-order valence-corrected chi connectivity index (χ0v) is 45.6. The summed E-state index contributed by atoms with van der Waals surface area (Å²) < 4.78 is 0. The van der Waals surface area contributed by atoms with Gasteiger partial charge in [-0.3, -0.25) is 0 Å². The fourth-order valence-corrected chi connectivity index (χ4v) is 0. The normalized spacial score (nSPS) is 0. The van der Waals surface area contributed by atoms with Crippen molar-refractivity contribution in [3.63, 3.8) is 0 Å². The summed E-state index contributed by atoms with van der Waals surface area (Å²) >= 11 is 0. The average Bonchev–Trinajstić information content (AvgIpc) is 0. The molecule has 0 heterocycles. The van der Waals surface area contributed by atoms with Crippen LogP contribution in [0, 0.1) is 0 Å². The SMILES string of the molecule is [Al].[Al].[Al].[Al].[Al].[Al].[Al].[Sr].[Sr].[Sr].[Sr].[Sr].[Sr].[Sr].[Sr]. The third-order valence-electron chi connectivity index (χ3n) is 0. The Hall–Kier alpha value is 15.6. The van der Waals surface area contributed by atoms with Crippen molar-refractivity contribution in [3.05, 3.63) is 0 Å². The van der Waals surface area contributed by atoms with Gasteiger partial charge in [-0.1, -0.05) is 0 Å². The molecule has 0 saturated carbocycles. The molecule has 0 nitrogen and oxygen atoms in total. The molecule has 15 heavy (non-hydrogen) atoms. The first-order valence-corrected chi connectivity index (χ1v) is 0. The molecular weight excluding hydrogens is 890 g/mol. The van der Waals surface area contributed by atoms with E-state index in [0.29, 0.717) is 0 Å². The van der Waals surface area contributed by atoms with Crippen LogP contribution in [0.15, 0.2) is 0 Å². The van der Waals surface area contributed by atoms with Gasteiger partial charge in [0.1, 0.15) is 0 Å². The van der Waals surface area contributed by atoms with Gasteiger partial charge in [0.15, 0.2) is 0 Å². The molecule has 0 saturated heterocycles. The van der Waals surface area contributed by atoms with Crippen LogP contribution < -0.4 is 0 Å². The molecule has 0 N–H and O–H groups in total. The van der Waals surface area contributed by atoms with Crippen molar-refractivity contribution in [3.8, 4) is 0 Å². The van der Waals surface area contributed by atoms with Crippen LogP contribution in [0.25, 0.3) is 0 Å². The zero-order valence-electron chi connectivity index (χ0n) is 9.70. The number of hydrogen-bond acceptors (Lipinski definition) is 0. The standard InChI is InChI=1S/7Al.8Sr. The second-order valence-electron chi connectivity index (χ2n) is 0. The fourth-order valence-electron chi connectivity index (χ4n) is 0. The van der Waals surface area contributed by atoms with Crippen LogP contribution in [-0.4, -0.2) is 485 Å². The van der Waals surface area contributed by atoms with Crippen LogP contribution in [-0.2, 0) is 0 Å². The van der Waals surface area contributed by atoms with Crippen molar-refractivity contribution in [2.45, 2.75) is 0 Å². The molecule has 0 atom stereocenters. The molecule has 15 heteroatoms. The Morgan fingerprint density at radius 2 is 0.133 bits per heavy atom. The van der Waals surface area contributed by atoms with E-state index in [1.807, 2.05) is 0 Å². The molecule has 0 amide bonds. The molecule has 37 radical (unpaired) electrons. The third kappa shape index (κ3) is 92.7. The van der Waals surface area contributed by atoms with E-state index in [9.17, 15) is 0 Å². The van der Waals surface area contributed by atoms with Gasteiger partial charge in [0, 0.05) is 485 Å². The molecule has 37 valence electrons. The average molecular weight is 890 g/mol. The molecule has 0 bridgehead atoms. The van der Waals surface area contributed by atoms with Crippen molar-refractivity contribution in [2.24, 2.45) is 0 Å². The molecule has 0 aliphatic heterocycles. The van der Waals surface area contributed by atoms with E-state index < -0.39 is 0 Å². The second-order valence-corrected chi connectivity index (χ2v) is 0. The molecule has 0 aliphatic rings. The van der Waals surface area contributed by atoms with E-state index in [1.165, 1.54) is 0 Å². The Labute approximate surface area is 467 Å². The summed E-state index contributed by atoms with van der Waals surface area (Å²) in [4.78, 5) is 0. The minimum Gasteiger partial charge on any atom is 0 e. The van der Waals surface area contributed by atoms with Crippen molar-refractivity contribution in [2.75, 3.05) is 0 Å². The molecule has 0 aromatic carbocycles. The monoisotopic (exact) mass is 892 g/mol. The Morgan fingerprint density at radius 1 is 0.133 bits per heavy atom. The van der Waals surface area contributed by atoms with Crippen LogP contribution in [0.1, 0.15) is 0 Å². The molecule has 0 aromatic heterocycles. The van der Waals surface area contributed by atoms with Gasteiger partial charge in [0.05, 0.1) is 0 Å². The van der Waals surface area contributed by atoms with E-state index >= 15 is 0 Å². The van der Waals surface area contributed by atoms with Crippen LogP contribution in [0.4, 0.5) is 0 Å². The first kappa shape index (κ1) is 110. The Balaban J connectivity index is 0. The summed E-state index contributed by atoms with van der Waals surface area (Å²) in [5.41, 5.74) is 0. The zero-order chi connectivity index (χ0) is 0. The maximum atomic E-state index is 0. The maximum absolute atomic E-state index is 0. The van der Waals surface area contributed by atoms with E-state index in [0.717, 1.165) is 0 Å². The summed E-state index contributed by atoms with van der Waals surface area (Å²) in [5, 5.41) is 0. The smallest absolute Gasteiger partial charge is 0 e. The number of rotatable bonds is 0. The summed E-state index contributed by atoms with van der Waals surface area (Å²) in [6, 6.07) is 0. The molecule has 0 aliphatic carbocycles. The third-order valence-corrected chi connectivity index (χ3v) is 0.